The zero-order chi connectivity index (χ0) is 21.4. The molecular weight excluding hydrogens is 407 g/mol. The molecule has 1 saturated heterocycles. The van der Waals surface area contributed by atoms with Crippen molar-refractivity contribution in [3.8, 4) is 5.69 Å². The third-order valence-corrected chi connectivity index (χ3v) is 5.95. The molecule has 0 aliphatic carbocycles. The van der Waals surface area contributed by atoms with E-state index >= 15 is 0 Å². The zero-order valence-corrected chi connectivity index (χ0v) is 17.2. The van der Waals surface area contributed by atoms with Crippen molar-refractivity contribution >= 4 is 34.6 Å². The number of urea groups is 1. The SMILES string of the molecule is Cc1ccc(-n2c(S[C@@H](C)C(=O)N3CCNC3=O)nc3ccccc3c2=O)cc1F. The lowest BCUT2D eigenvalue weighted by molar-refractivity contribution is -0.126. The van der Waals surface area contributed by atoms with Gasteiger partial charge in [-0.2, -0.15) is 0 Å². The molecule has 2 heterocycles. The molecule has 1 N–H and O–H groups in total. The second-order valence-electron chi connectivity index (χ2n) is 6.97. The van der Waals surface area contributed by atoms with E-state index in [9.17, 15) is 18.8 Å². The summed E-state index contributed by atoms with van der Waals surface area (Å²) in [5.74, 6) is -0.819. The molecule has 1 atom stereocenters. The van der Waals surface area contributed by atoms with Crippen LogP contribution in [0.1, 0.15) is 12.5 Å². The number of benzene rings is 2. The van der Waals surface area contributed by atoms with Gasteiger partial charge < -0.3 is 5.32 Å². The summed E-state index contributed by atoms with van der Waals surface area (Å²) >= 11 is 1.06. The Morgan fingerprint density at radius 1 is 1.23 bits per heavy atom. The molecule has 0 saturated carbocycles. The zero-order valence-electron chi connectivity index (χ0n) is 16.4. The number of thioether (sulfide) groups is 1. The number of para-hydroxylation sites is 1. The van der Waals surface area contributed by atoms with Crippen molar-refractivity contribution < 1.29 is 14.0 Å². The van der Waals surface area contributed by atoms with E-state index in [-0.39, 0.29) is 16.6 Å². The number of rotatable bonds is 4. The topological polar surface area (TPSA) is 84.3 Å². The summed E-state index contributed by atoms with van der Waals surface area (Å²) in [6.07, 6.45) is 0. The first-order chi connectivity index (χ1) is 14.4. The van der Waals surface area contributed by atoms with Crippen LogP contribution in [0.3, 0.4) is 0 Å². The van der Waals surface area contributed by atoms with Gasteiger partial charge in [0.15, 0.2) is 5.16 Å². The summed E-state index contributed by atoms with van der Waals surface area (Å²) in [4.78, 5) is 43.5. The molecule has 9 heteroatoms. The van der Waals surface area contributed by atoms with Gasteiger partial charge in [-0.05, 0) is 43.7 Å². The molecule has 0 spiro atoms. The van der Waals surface area contributed by atoms with Crippen LogP contribution in [0, 0.1) is 12.7 Å². The third kappa shape index (κ3) is 3.56. The summed E-state index contributed by atoms with van der Waals surface area (Å²) in [5.41, 5.74) is 0.901. The molecule has 30 heavy (non-hydrogen) atoms. The molecular formula is C21H19FN4O3S. The largest absolute Gasteiger partial charge is 0.336 e. The smallest absolute Gasteiger partial charge is 0.324 e. The average molecular weight is 426 g/mol. The Morgan fingerprint density at radius 2 is 2.00 bits per heavy atom. The van der Waals surface area contributed by atoms with E-state index in [2.05, 4.69) is 10.3 Å². The van der Waals surface area contributed by atoms with Gasteiger partial charge in [-0.15, -0.1) is 0 Å². The number of imide groups is 1. The Hall–Kier alpha value is -3.20. The van der Waals surface area contributed by atoms with Gasteiger partial charge in [0.05, 0.1) is 21.8 Å². The van der Waals surface area contributed by atoms with E-state index < -0.39 is 17.1 Å². The minimum Gasteiger partial charge on any atom is -0.336 e. The maximum absolute atomic E-state index is 14.2. The molecule has 1 aromatic heterocycles. The number of carbonyl (C=O) groups is 2. The molecule has 7 nitrogen and oxygen atoms in total. The highest BCUT2D eigenvalue weighted by atomic mass is 32.2. The normalized spacial score (nSPS) is 14.8. The van der Waals surface area contributed by atoms with E-state index in [1.807, 2.05) is 0 Å². The van der Waals surface area contributed by atoms with Crippen LogP contribution in [-0.4, -0.2) is 44.7 Å². The minimum atomic E-state index is -0.677. The van der Waals surface area contributed by atoms with Crippen LogP contribution in [0.5, 0.6) is 0 Å². The fourth-order valence-electron chi connectivity index (χ4n) is 3.25. The molecule has 3 aromatic rings. The lowest BCUT2D eigenvalue weighted by Crippen LogP contribution is -2.39. The van der Waals surface area contributed by atoms with Crippen LogP contribution in [0.25, 0.3) is 16.6 Å². The first kappa shape index (κ1) is 20.1. The molecule has 0 unspecified atom stereocenters. The Morgan fingerprint density at radius 3 is 2.70 bits per heavy atom. The quantitative estimate of drug-likeness (QED) is 0.512. The minimum absolute atomic E-state index is 0.252. The fourth-order valence-corrected chi connectivity index (χ4v) is 4.24. The fraction of sp³-hybridized carbons (Fsp3) is 0.238. The van der Waals surface area contributed by atoms with Gasteiger partial charge in [-0.1, -0.05) is 30.0 Å². The number of aromatic nitrogens is 2. The molecule has 1 aliphatic rings. The van der Waals surface area contributed by atoms with Crippen molar-refractivity contribution in [2.24, 2.45) is 0 Å². The van der Waals surface area contributed by atoms with Gasteiger partial charge in [0.2, 0.25) is 5.91 Å². The first-order valence-corrected chi connectivity index (χ1v) is 10.3. The van der Waals surface area contributed by atoms with E-state index in [0.717, 1.165) is 16.7 Å². The molecule has 4 rings (SSSR count). The molecule has 0 bridgehead atoms. The predicted molar refractivity (Wildman–Crippen MR) is 112 cm³/mol. The number of carbonyl (C=O) groups excluding carboxylic acids is 2. The molecule has 3 amide bonds. The van der Waals surface area contributed by atoms with Gasteiger partial charge in [-0.25, -0.2) is 14.2 Å². The van der Waals surface area contributed by atoms with Crippen molar-refractivity contribution in [3.63, 3.8) is 0 Å². The number of nitrogens with zero attached hydrogens (tertiary/aromatic N) is 3. The summed E-state index contributed by atoms with van der Waals surface area (Å²) in [5, 5.41) is 2.56. The van der Waals surface area contributed by atoms with Gasteiger partial charge >= 0.3 is 6.03 Å². The Balaban J connectivity index is 1.81. The van der Waals surface area contributed by atoms with E-state index in [4.69, 9.17) is 0 Å². The Labute approximate surface area is 175 Å². The highest BCUT2D eigenvalue weighted by molar-refractivity contribution is 8.00. The monoisotopic (exact) mass is 426 g/mol. The van der Waals surface area contributed by atoms with Crippen molar-refractivity contribution in [1.82, 2.24) is 19.8 Å². The van der Waals surface area contributed by atoms with Crippen LogP contribution in [0.2, 0.25) is 0 Å². The van der Waals surface area contributed by atoms with E-state index in [0.29, 0.717) is 35.2 Å². The van der Waals surface area contributed by atoms with Gasteiger partial charge in [0.25, 0.3) is 5.56 Å². The number of nitrogens with one attached hydrogen (secondary N) is 1. The predicted octanol–water partition coefficient (Wildman–Crippen LogP) is 2.87. The van der Waals surface area contributed by atoms with Crippen LogP contribution in [-0.2, 0) is 4.79 Å². The lowest BCUT2D eigenvalue weighted by Gasteiger charge is -2.19. The lowest BCUT2D eigenvalue weighted by atomic mass is 10.2. The Bertz CT molecular complexity index is 1230. The molecule has 1 fully saturated rings. The first-order valence-electron chi connectivity index (χ1n) is 9.41. The average Bonchev–Trinajstić information content (AvgIpc) is 3.16. The Kier molecular flexibility index (Phi) is 5.29. The molecule has 154 valence electrons. The number of amides is 3. The maximum atomic E-state index is 14.2. The van der Waals surface area contributed by atoms with Crippen LogP contribution >= 0.6 is 11.8 Å². The number of hydrogen-bond acceptors (Lipinski definition) is 5. The summed E-state index contributed by atoms with van der Waals surface area (Å²) < 4.78 is 15.5. The highest BCUT2D eigenvalue weighted by Gasteiger charge is 2.31. The van der Waals surface area contributed by atoms with E-state index in [1.165, 1.54) is 10.6 Å². The number of aryl methyl sites for hydroxylation is 1. The van der Waals surface area contributed by atoms with Crippen molar-refractivity contribution in [1.29, 1.82) is 0 Å². The van der Waals surface area contributed by atoms with Crippen molar-refractivity contribution in [3.05, 3.63) is 64.2 Å². The van der Waals surface area contributed by atoms with Crippen LogP contribution < -0.4 is 10.9 Å². The van der Waals surface area contributed by atoms with Gasteiger partial charge in [-0.3, -0.25) is 19.1 Å². The molecule has 1 aliphatic heterocycles. The number of hydrogen-bond donors (Lipinski definition) is 1. The summed E-state index contributed by atoms with van der Waals surface area (Å²) in [6.45, 7) is 3.99. The molecule has 2 aromatic carbocycles. The summed E-state index contributed by atoms with van der Waals surface area (Å²) in [6, 6.07) is 10.9. The van der Waals surface area contributed by atoms with Crippen molar-refractivity contribution in [2.75, 3.05) is 13.1 Å². The second-order valence-corrected chi connectivity index (χ2v) is 8.28. The number of fused-ring (bicyclic) bond motifs is 1. The van der Waals surface area contributed by atoms with E-state index in [1.54, 1.807) is 50.2 Å². The standard InChI is InChI=1S/C21H19FN4O3S/c1-12-7-8-14(11-16(12)22)26-19(28)15-5-3-4-6-17(15)24-21(26)30-13(2)18(27)25-10-9-23-20(25)29/h3-8,11,13H,9-10H2,1-2H3,(H,23,29)/t13-/m0/s1. The molecule has 0 radical (unpaired) electrons. The van der Waals surface area contributed by atoms with Gasteiger partial charge in [0.1, 0.15) is 5.82 Å². The van der Waals surface area contributed by atoms with Crippen molar-refractivity contribution in [2.45, 2.75) is 24.3 Å². The van der Waals surface area contributed by atoms with Crippen LogP contribution in [0.4, 0.5) is 9.18 Å². The highest BCUT2D eigenvalue weighted by Crippen LogP contribution is 2.27. The maximum Gasteiger partial charge on any atom is 0.324 e. The van der Waals surface area contributed by atoms with Gasteiger partial charge in [0, 0.05) is 13.1 Å². The third-order valence-electron chi connectivity index (χ3n) is 4.91. The second kappa shape index (κ2) is 7.91. The van der Waals surface area contributed by atoms with Crippen LogP contribution in [0.15, 0.2) is 52.4 Å². The summed E-state index contributed by atoms with van der Waals surface area (Å²) in [7, 11) is 0. The number of halogens is 1.